The van der Waals surface area contributed by atoms with E-state index in [9.17, 15) is 23.7 Å². The van der Waals surface area contributed by atoms with Crippen LogP contribution in [-0.2, 0) is 16.0 Å². The molecule has 0 aromatic carbocycles. The van der Waals surface area contributed by atoms with Crippen molar-refractivity contribution in [1.82, 2.24) is 4.98 Å². The van der Waals surface area contributed by atoms with Crippen molar-refractivity contribution in [2.24, 2.45) is 0 Å². The van der Waals surface area contributed by atoms with Gasteiger partial charge in [0.2, 0.25) is 5.69 Å². The van der Waals surface area contributed by atoms with Crippen LogP contribution in [0.5, 0.6) is 0 Å². The first kappa shape index (κ1) is 15.2. The van der Waals surface area contributed by atoms with Gasteiger partial charge in [-0.05, 0) is 16.8 Å². The maximum atomic E-state index is 12.8. The summed E-state index contributed by atoms with van der Waals surface area (Å²) in [7, 11) is 0. The van der Waals surface area contributed by atoms with Gasteiger partial charge in [-0.15, -0.1) is 0 Å². The fraction of sp³-hybridized carbons (Fsp3) is 0.400. The summed E-state index contributed by atoms with van der Waals surface area (Å²) in [6, 6.07) is 0.821. The molecular weight excluding hydrogens is 286 g/mol. The molecule has 0 aliphatic heterocycles. The summed E-state index contributed by atoms with van der Waals surface area (Å²) in [6.45, 7) is 1.64. The molecule has 9 heteroatoms. The van der Waals surface area contributed by atoms with Crippen molar-refractivity contribution in [2.75, 3.05) is 6.61 Å². The second kappa shape index (κ2) is 6.37. The lowest BCUT2D eigenvalue weighted by Gasteiger charge is -2.07. The Bertz CT molecular complexity index is 511. The van der Waals surface area contributed by atoms with Gasteiger partial charge in [-0.25, -0.2) is 8.78 Å². The summed E-state index contributed by atoms with van der Waals surface area (Å²) < 4.78 is 30.2. The van der Waals surface area contributed by atoms with Gasteiger partial charge in [-0.3, -0.25) is 4.79 Å². The first-order chi connectivity index (χ1) is 8.86. The van der Waals surface area contributed by atoms with Crippen LogP contribution in [0, 0.1) is 10.1 Å². The largest absolute Gasteiger partial charge is 0.466 e. The lowest BCUT2D eigenvalue weighted by molar-refractivity contribution is -0.389. The zero-order chi connectivity index (χ0) is 14.6. The van der Waals surface area contributed by atoms with Gasteiger partial charge in [0.15, 0.2) is 0 Å². The Kier molecular flexibility index (Phi) is 5.11. The molecule has 6 nitrogen and oxygen atoms in total. The first-order valence-electron chi connectivity index (χ1n) is 5.14. The van der Waals surface area contributed by atoms with E-state index in [1.54, 1.807) is 6.92 Å². The van der Waals surface area contributed by atoms with Crippen LogP contribution in [0.1, 0.15) is 24.6 Å². The number of halogens is 3. The van der Waals surface area contributed by atoms with E-state index in [-0.39, 0.29) is 17.2 Å². The third-order valence-corrected chi connectivity index (χ3v) is 2.45. The van der Waals surface area contributed by atoms with Crippen molar-refractivity contribution in [3.63, 3.8) is 0 Å². The maximum absolute atomic E-state index is 12.8. The van der Waals surface area contributed by atoms with Gasteiger partial charge in [0.1, 0.15) is 0 Å². The third-order valence-electron chi connectivity index (χ3n) is 2.11. The fourth-order valence-electron chi connectivity index (χ4n) is 1.35. The second-order valence-corrected chi connectivity index (χ2v) is 3.77. The molecule has 0 aliphatic carbocycles. The third kappa shape index (κ3) is 3.82. The normalized spacial score (nSPS) is 10.6. The lowest BCUT2D eigenvalue weighted by atomic mass is 10.1. The predicted octanol–water partition coefficient (Wildman–Crippen LogP) is 2.69. The maximum Gasteiger partial charge on any atom is 0.365 e. The molecule has 0 radical (unpaired) electrons. The molecule has 0 fully saturated rings. The topological polar surface area (TPSA) is 82.3 Å². The van der Waals surface area contributed by atoms with Gasteiger partial charge < -0.3 is 14.9 Å². The standard InChI is InChI=1S/C10H9ClF2N2O4/c1-2-19-8(16)3-5-6(11)4-7(15(17)18)14-9(5)10(12)13/h4,10H,2-3H2,1H3. The van der Waals surface area contributed by atoms with E-state index in [0.717, 1.165) is 6.07 Å². The van der Waals surface area contributed by atoms with E-state index in [4.69, 9.17) is 11.6 Å². The minimum absolute atomic E-state index is 0.0842. The van der Waals surface area contributed by atoms with Gasteiger partial charge in [-0.2, -0.15) is 0 Å². The number of carbonyl (C=O) groups is 1. The molecule has 0 saturated carbocycles. The van der Waals surface area contributed by atoms with Crippen molar-refractivity contribution in [3.8, 4) is 0 Å². The minimum atomic E-state index is -3.08. The Morgan fingerprint density at radius 3 is 2.74 bits per heavy atom. The number of alkyl halides is 2. The molecule has 0 spiro atoms. The van der Waals surface area contributed by atoms with Crippen molar-refractivity contribution in [1.29, 1.82) is 0 Å². The summed E-state index contributed by atoms with van der Waals surface area (Å²) in [5.41, 5.74) is -1.15. The Balaban J connectivity index is 3.22. The Hall–Kier alpha value is -1.83. The lowest BCUT2D eigenvalue weighted by Crippen LogP contribution is -2.12. The van der Waals surface area contributed by atoms with E-state index in [2.05, 4.69) is 9.72 Å². The van der Waals surface area contributed by atoms with E-state index in [0.29, 0.717) is 0 Å². The number of hydrogen-bond acceptors (Lipinski definition) is 5. The number of carbonyl (C=O) groups excluding carboxylic acids is 1. The smallest absolute Gasteiger partial charge is 0.365 e. The summed E-state index contributed by atoms with van der Waals surface area (Å²) in [4.78, 5) is 24.0. The molecule has 1 rings (SSSR count). The van der Waals surface area contributed by atoms with E-state index < -0.39 is 35.3 Å². The number of nitrogens with zero attached hydrogens (tertiary/aromatic N) is 2. The quantitative estimate of drug-likeness (QED) is 0.474. The fourth-order valence-corrected chi connectivity index (χ4v) is 1.61. The molecule has 0 saturated heterocycles. The summed E-state index contributed by atoms with van der Waals surface area (Å²) in [5.74, 6) is -1.56. The van der Waals surface area contributed by atoms with Crippen LogP contribution in [0.25, 0.3) is 0 Å². The van der Waals surface area contributed by atoms with Gasteiger partial charge in [0.25, 0.3) is 0 Å². The Labute approximate surface area is 111 Å². The SMILES string of the molecule is CCOC(=O)Cc1c(Cl)cc([N+](=O)[O-])nc1C(F)F. The number of esters is 1. The molecule has 0 atom stereocenters. The van der Waals surface area contributed by atoms with Gasteiger partial charge in [0.05, 0.1) is 24.1 Å². The highest BCUT2D eigenvalue weighted by atomic mass is 35.5. The average molecular weight is 295 g/mol. The van der Waals surface area contributed by atoms with Crippen LogP contribution in [-0.4, -0.2) is 22.5 Å². The highest BCUT2D eigenvalue weighted by Gasteiger charge is 2.28. The van der Waals surface area contributed by atoms with Crippen LogP contribution < -0.4 is 0 Å². The molecule has 0 bridgehead atoms. The van der Waals surface area contributed by atoms with Crippen LogP contribution in [0.15, 0.2) is 6.07 Å². The van der Waals surface area contributed by atoms with E-state index in [1.165, 1.54) is 0 Å². The van der Waals surface area contributed by atoms with Crippen molar-refractivity contribution < 1.29 is 23.2 Å². The monoisotopic (exact) mass is 294 g/mol. The van der Waals surface area contributed by atoms with Crippen LogP contribution in [0.3, 0.4) is 0 Å². The Morgan fingerprint density at radius 2 is 2.26 bits per heavy atom. The molecule has 0 N–H and O–H groups in total. The predicted molar refractivity (Wildman–Crippen MR) is 61.2 cm³/mol. The van der Waals surface area contributed by atoms with Crippen LogP contribution >= 0.6 is 11.6 Å². The van der Waals surface area contributed by atoms with Gasteiger partial charge in [0, 0.05) is 5.56 Å². The summed E-state index contributed by atoms with van der Waals surface area (Å²) in [5, 5.41) is 10.2. The molecule has 104 valence electrons. The molecule has 1 aromatic rings. The number of rotatable bonds is 5. The molecule has 1 heterocycles. The number of ether oxygens (including phenoxy) is 1. The minimum Gasteiger partial charge on any atom is -0.466 e. The zero-order valence-electron chi connectivity index (χ0n) is 9.73. The van der Waals surface area contributed by atoms with Crippen molar-refractivity contribution in [2.45, 2.75) is 19.8 Å². The molecule has 0 aliphatic rings. The number of pyridine rings is 1. The molecule has 1 aromatic heterocycles. The number of nitro groups is 1. The average Bonchev–Trinajstić information content (AvgIpc) is 2.31. The first-order valence-corrected chi connectivity index (χ1v) is 5.52. The number of hydrogen-bond donors (Lipinski definition) is 0. The van der Waals surface area contributed by atoms with Gasteiger partial charge in [-0.1, -0.05) is 11.6 Å². The van der Waals surface area contributed by atoms with Crippen LogP contribution in [0.2, 0.25) is 5.02 Å². The Morgan fingerprint density at radius 1 is 1.63 bits per heavy atom. The highest BCUT2D eigenvalue weighted by molar-refractivity contribution is 6.31. The van der Waals surface area contributed by atoms with Crippen LogP contribution in [0.4, 0.5) is 14.6 Å². The molecule has 0 amide bonds. The summed E-state index contributed by atoms with van der Waals surface area (Å²) in [6.07, 6.45) is -3.60. The molecule has 0 unspecified atom stereocenters. The molecule has 19 heavy (non-hydrogen) atoms. The zero-order valence-corrected chi connectivity index (χ0v) is 10.5. The summed E-state index contributed by atoms with van der Waals surface area (Å²) >= 11 is 5.68. The van der Waals surface area contributed by atoms with E-state index >= 15 is 0 Å². The van der Waals surface area contributed by atoms with Crippen molar-refractivity contribution in [3.05, 3.63) is 32.5 Å². The van der Waals surface area contributed by atoms with Crippen molar-refractivity contribution >= 4 is 23.4 Å². The van der Waals surface area contributed by atoms with E-state index in [1.807, 2.05) is 0 Å². The highest BCUT2D eigenvalue weighted by Crippen LogP contribution is 2.30. The second-order valence-electron chi connectivity index (χ2n) is 3.37. The molecular formula is C10H9ClF2N2O4. The van der Waals surface area contributed by atoms with Gasteiger partial charge >= 0.3 is 18.2 Å². The number of aromatic nitrogens is 1.